The zero-order chi connectivity index (χ0) is 18.0. The van der Waals surface area contributed by atoms with Crippen LogP contribution in [0.3, 0.4) is 0 Å². The lowest BCUT2D eigenvalue weighted by molar-refractivity contribution is 0.139. The summed E-state index contributed by atoms with van der Waals surface area (Å²) in [5.74, 6) is -1.49. The van der Waals surface area contributed by atoms with Crippen LogP contribution in [0, 0.1) is 11.6 Å². The Bertz CT molecular complexity index is 1050. The first kappa shape index (κ1) is 18.2. The smallest absolute Gasteiger partial charge is 0.294 e. The van der Waals surface area contributed by atoms with Crippen LogP contribution in [0.4, 0.5) is 8.78 Å². The van der Waals surface area contributed by atoms with E-state index in [1.165, 1.54) is 10.6 Å². The Morgan fingerprint density at radius 1 is 1.32 bits per heavy atom. The molecule has 5 nitrogen and oxygen atoms in total. The van der Waals surface area contributed by atoms with Gasteiger partial charge in [-0.1, -0.05) is 17.4 Å². The predicted octanol–water partition coefficient (Wildman–Crippen LogP) is 3.37. The molecule has 1 aromatic carbocycles. The fourth-order valence-electron chi connectivity index (χ4n) is 2.26. The van der Waals surface area contributed by atoms with E-state index in [0.717, 1.165) is 34.8 Å². The van der Waals surface area contributed by atoms with Crippen molar-refractivity contribution in [1.29, 1.82) is 0 Å². The molecule has 134 valence electrons. The first-order valence-corrected chi connectivity index (χ1v) is 10.5. The second-order valence-electron chi connectivity index (χ2n) is 4.97. The molecule has 0 spiro atoms. The topological polar surface area (TPSA) is 60.7 Å². The van der Waals surface area contributed by atoms with E-state index in [9.17, 15) is 17.2 Å². The van der Waals surface area contributed by atoms with E-state index >= 15 is 0 Å². The van der Waals surface area contributed by atoms with E-state index in [2.05, 4.69) is 4.40 Å². The number of halogens is 2. The molecule has 0 amide bonds. The van der Waals surface area contributed by atoms with Gasteiger partial charge >= 0.3 is 0 Å². The van der Waals surface area contributed by atoms with Gasteiger partial charge in [0.1, 0.15) is 10.0 Å². The fourth-order valence-corrected chi connectivity index (χ4v) is 5.53. The average Bonchev–Trinajstić information content (AvgIpc) is 3.16. The van der Waals surface area contributed by atoms with Crippen molar-refractivity contribution in [2.75, 3.05) is 13.2 Å². The third-order valence-corrected chi connectivity index (χ3v) is 7.09. The molecule has 2 aromatic heterocycles. The minimum atomic E-state index is -3.92. The highest BCUT2D eigenvalue weighted by Gasteiger charge is 2.18. The van der Waals surface area contributed by atoms with Crippen molar-refractivity contribution >= 4 is 42.9 Å². The number of thiophene rings is 1. The molecule has 0 N–H and O–H groups in total. The molecule has 10 heteroatoms. The number of thiazole rings is 1. The standard InChI is InChI=1S/C15H14F2N2O3S3/c1-2-22-6-5-19-14-11(17)8-10(16)9-12(14)24-15(19)18-25(20,21)13-4-3-7-23-13/h3-4,7-9H,2,5-6H2,1H3/b18-15-. The van der Waals surface area contributed by atoms with Crippen molar-refractivity contribution in [3.8, 4) is 0 Å². The van der Waals surface area contributed by atoms with E-state index in [4.69, 9.17) is 4.74 Å². The lowest BCUT2D eigenvalue weighted by atomic mass is 10.3. The van der Waals surface area contributed by atoms with Gasteiger partial charge in [0.15, 0.2) is 5.82 Å². The Morgan fingerprint density at radius 2 is 2.12 bits per heavy atom. The van der Waals surface area contributed by atoms with Crippen LogP contribution in [0.15, 0.2) is 38.3 Å². The highest BCUT2D eigenvalue weighted by atomic mass is 32.2. The van der Waals surface area contributed by atoms with Crippen molar-refractivity contribution in [1.82, 2.24) is 4.57 Å². The van der Waals surface area contributed by atoms with E-state index < -0.39 is 21.7 Å². The van der Waals surface area contributed by atoms with Crippen molar-refractivity contribution < 1.29 is 21.9 Å². The number of rotatable bonds is 6. The molecule has 0 bridgehead atoms. The summed E-state index contributed by atoms with van der Waals surface area (Å²) in [6.07, 6.45) is 0. The molecule has 0 aliphatic heterocycles. The molecule has 0 atom stereocenters. The Hall–Kier alpha value is -1.62. The first-order chi connectivity index (χ1) is 11.9. The summed E-state index contributed by atoms with van der Waals surface area (Å²) in [7, 11) is -3.92. The van der Waals surface area contributed by atoms with Gasteiger partial charge in [0.05, 0.1) is 16.8 Å². The molecule has 3 aromatic rings. The number of hydrogen-bond acceptors (Lipinski definition) is 5. The summed E-state index contributed by atoms with van der Waals surface area (Å²) >= 11 is 1.96. The zero-order valence-electron chi connectivity index (χ0n) is 13.1. The minimum absolute atomic E-state index is 0.0765. The summed E-state index contributed by atoms with van der Waals surface area (Å²) in [5, 5.41) is 1.63. The lowest BCUT2D eigenvalue weighted by Crippen LogP contribution is -2.20. The lowest BCUT2D eigenvalue weighted by Gasteiger charge is -2.06. The second-order valence-corrected chi connectivity index (χ2v) is 8.75. The molecule has 0 saturated carbocycles. The predicted molar refractivity (Wildman–Crippen MR) is 93.3 cm³/mol. The van der Waals surface area contributed by atoms with Gasteiger partial charge < -0.3 is 9.30 Å². The zero-order valence-corrected chi connectivity index (χ0v) is 15.6. The summed E-state index contributed by atoms with van der Waals surface area (Å²) in [5.41, 5.74) is 0.117. The molecule has 0 aliphatic carbocycles. The van der Waals surface area contributed by atoms with Crippen LogP contribution in [0.1, 0.15) is 6.92 Å². The van der Waals surface area contributed by atoms with Crippen molar-refractivity contribution in [2.24, 2.45) is 4.40 Å². The van der Waals surface area contributed by atoms with Crippen molar-refractivity contribution in [3.63, 3.8) is 0 Å². The number of aromatic nitrogens is 1. The van der Waals surface area contributed by atoms with Crippen LogP contribution < -0.4 is 4.80 Å². The summed E-state index contributed by atoms with van der Waals surface area (Å²) < 4.78 is 63.5. The molecule has 0 aliphatic rings. The van der Waals surface area contributed by atoms with Gasteiger partial charge in [-0.25, -0.2) is 8.78 Å². The van der Waals surface area contributed by atoms with Crippen molar-refractivity contribution in [2.45, 2.75) is 17.7 Å². The average molecular weight is 404 g/mol. The van der Waals surface area contributed by atoms with Gasteiger partial charge in [0.25, 0.3) is 10.0 Å². The van der Waals surface area contributed by atoms with Gasteiger partial charge in [-0.3, -0.25) is 0 Å². The molecule has 25 heavy (non-hydrogen) atoms. The molecule has 0 fully saturated rings. The summed E-state index contributed by atoms with van der Waals surface area (Å²) in [6, 6.07) is 4.98. The number of nitrogens with zero attached hydrogens (tertiary/aromatic N) is 2. The largest absolute Gasteiger partial charge is 0.380 e. The van der Waals surface area contributed by atoms with E-state index in [0.29, 0.717) is 6.61 Å². The van der Waals surface area contributed by atoms with Gasteiger partial charge in [-0.05, 0) is 24.4 Å². The van der Waals surface area contributed by atoms with E-state index in [1.807, 2.05) is 6.92 Å². The normalized spacial score (nSPS) is 13.0. The minimum Gasteiger partial charge on any atom is -0.380 e. The van der Waals surface area contributed by atoms with Crippen LogP contribution in [0.5, 0.6) is 0 Å². The number of fused-ring (bicyclic) bond motifs is 1. The molecule has 2 heterocycles. The van der Waals surface area contributed by atoms with Gasteiger partial charge in [0, 0.05) is 19.2 Å². The third kappa shape index (κ3) is 3.81. The maximum absolute atomic E-state index is 14.3. The Balaban J connectivity index is 2.21. The number of hydrogen-bond donors (Lipinski definition) is 0. The SMILES string of the molecule is CCOCCn1/c(=N/S(=O)(=O)c2cccs2)sc2cc(F)cc(F)c21. The molecule has 0 unspecified atom stereocenters. The van der Waals surface area contributed by atoms with Gasteiger partial charge in [-0.2, -0.15) is 8.42 Å². The molecular weight excluding hydrogens is 390 g/mol. The van der Waals surface area contributed by atoms with Crippen LogP contribution in [-0.4, -0.2) is 26.2 Å². The van der Waals surface area contributed by atoms with Crippen LogP contribution in [0.2, 0.25) is 0 Å². The Morgan fingerprint density at radius 3 is 2.80 bits per heavy atom. The summed E-state index contributed by atoms with van der Waals surface area (Å²) in [4.78, 5) is 0.0765. The second kappa shape index (κ2) is 7.32. The van der Waals surface area contributed by atoms with E-state index in [1.54, 1.807) is 11.4 Å². The Labute approximate surface area is 150 Å². The molecule has 0 saturated heterocycles. The maximum atomic E-state index is 14.3. The van der Waals surface area contributed by atoms with E-state index in [-0.39, 0.29) is 32.4 Å². The summed E-state index contributed by atoms with van der Waals surface area (Å²) in [6.45, 7) is 2.75. The molecular formula is C15H14F2N2O3S3. The van der Waals surface area contributed by atoms with Crippen LogP contribution in [0.25, 0.3) is 10.2 Å². The third-order valence-electron chi connectivity index (χ3n) is 3.31. The Kier molecular flexibility index (Phi) is 5.32. The number of sulfonamides is 1. The van der Waals surface area contributed by atoms with Crippen LogP contribution >= 0.6 is 22.7 Å². The van der Waals surface area contributed by atoms with Gasteiger partial charge in [0.2, 0.25) is 4.80 Å². The van der Waals surface area contributed by atoms with Crippen molar-refractivity contribution in [3.05, 3.63) is 46.1 Å². The molecule has 0 radical (unpaired) electrons. The monoisotopic (exact) mass is 404 g/mol. The number of ether oxygens (including phenoxy) is 1. The highest BCUT2D eigenvalue weighted by Crippen LogP contribution is 2.23. The highest BCUT2D eigenvalue weighted by molar-refractivity contribution is 7.92. The quantitative estimate of drug-likeness (QED) is 0.592. The maximum Gasteiger partial charge on any atom is 0.294 e. The fraction of sp³-hybridized carbons (Fsp3) is 0.267. The van der Waals surface area contributed by atoms with Gasteiger partial charge in [-0.15, -0.1) is 15.7 Å². The molecule has 3 rings (SSSR count). The number of benzene rings is 1. The van der Waals surface area contributed by atoms with Crippen LogP contribution in [-0.2, 0) is 21.3 Å². The first-order valence-electron chi connectivity index (χ1n) is 7.33.